The number of nitrogens with zero attached hydrogens (tertiary/aromatic N) is 1. The van der Waals surface area contributed by atoms with Gasteiger partial charge in [-0.2, -0.15) is 0 Å². The van der Waals surface area contributed by atoms with Gasteiger partial charge in [0.05, 0.1) is 12.0 Å². The molecular formula is C13H13ClFNO3. The second-order valence-corrected chi connectivity index (χ2v) is 5.04. The maximum Gasteiger partial charge on any atom is 0.308 e. The number of carboxylic acids is 1. The average Bonchev–Trinajstić information content (AvgIpc) is 2.35. The Bertz CT molecular complexity index is 535. The number of hydrogen-bond acceptors (Lipinski definition) is 2. The summed E-state index contributed by atoms with van der Waals surface area (Å²) in [5, 5.41) is 9.55. The summed E-state index contributed by atoms with van der Waals surface area (Å²) in [6.45, 7) is 0. The van der Waals surface area contributed by atoms with E-state index in [0.29, 0.717) is 5.02 Å². The fraction of sp³-hybridized carbons (Fsp3) is 0.385. The van der Waals surface area contributed by atoms with Crippen LogP contribution in [0.5, 0.6) is 0 Å². The van der Waals surface area contributed by atoms with Gasteiger partial charge in [-0.25, -0.2) is 4.39 Å². The zero-order chi connectivity index (χ0) is 14.2. The van der Waals surface area contributed by atoms with Crippen LogP contribution in [0, 0.1) is 11.7 Å². The molecule has 102 valence electrons. The number of rotatable bonds is 2. The van der Waals surface area contributed by atoms with Crippen LogP contribution < -0.4 is 0 Å². The van der Waals surface area contributed by atoms with Crippen LogP contribution in [-0.2, 0) is 9.59 Å². The van der Waals surface area contributed by atoms with Crippen LogP contribution in [0.15, 0.2) is 18.2 Å². The predicted octanol–water partition coefficient (Wildman–Crippen LogP) is 2.47. The zero-order valence-electron chi connectivity index (χ0n) is 10.3. The van der Waals surface area contributed by atoms with Crippen LogP contribution in [-0.4, -0.2) is 28.9 Å². The molecule has 1 N–H and O–H groups in total. The van der Waals surface area contributed by atoms with Crippen molar-refractivity contribution < 1.29 is 19.1 Å². The Kier molecular flexibility index (Phi) is 3.75. The molecule has 19 heavy (non-hydrogen) atoms. The molecule has 1 saturated heterocycles. The van der Waals surface area contributed by atoms with Crippen molar-refractivity contribution in [2.75, 3.05) is 7.05 Å². The molecule has 0 bridgehead atoms. The number of likely N-dealkylation sites (tertiary alicyclic amines) is 1. The Morgan fingerprint density at radius 2 is 2.21 bits per heavy atom. The van der Waals surface area contributed by atoms with E-state index in [4.69, 9.17) is 11.6 Å². The van der Waals surface area contributed by atoms with Crippen molar-refractivity contribution in [2.45, 2.75) is 18.9 Å². The van der Waals surface area contributed by atoms with Crippen LogP contribution in [0.25, 0.3) is 0 Å². The van der Waals surface area contributed by atoms with E-state index in [0.717, 1.165) is 0 Å². The monoisotopic (exact) mass is 285 g/mol. The van der Waals surface area contributed by atoms with Gasteiger partial charge in [0.15, 0.2) is 0 Å². The Morgan fingerprint density at radius 1 is 1.53 bits per heavy atom. The Labute approximate surface area is 114 Å². The van der Waals surface area contributed by atoms with Crippen molar-refractivity contribution in [3.8, 4) is 0 Å². The van der Waals surface area contributed by atoms with E-state index in [9.17, 15) is 19.1 Å². The smallest absolute Gasteiger partial charge is 0.308 e. The normalized spacial score (nSPS) is 23.5. The van der Waals surface area contributed by atoms with Gasteiger partial charge in [-0.15, -0.1) is 0 Å². The fourth-order valence-electron chi connectivity index (χ4n) is 2.46. The first-order valence-electron chi connectivity index (χ1n) is 5.85. The lowest BCUT2D eigenvalue weighted by Crippen LogP contribution is -2.43. The average molecular weight is 286 g/mol. The van der Waals surface area contributed by atoms with E-state index in [-0.39, 0.29) is 24.3 Å². The lowest BCUT2D eigenvalue weighted by atomic mass is 9.84. The number of hydrogen-bond donors (Lipinski definition) is 1. The SMILES string of the molecule is CN1C(=O)CCC(C(=O)O)C1c1cc(Cl)ccc1F. The molecule has 2 unspecified atom stereocenters. The molecule has 2 atom stereocenters. The maximum absolute atomic E-state index is 13.9. The van der Waals surface area contributed by atoms with E-state index >= 15 is 0 Å². The lowest BCUT2D eigenvalue weighted by molar-refractivity contribution is -0.150. The highest BCUT2D eigenvalue weighted by molar-refractivity contribution is 6.30. The number of halogens is 2. The molecule has 1 amide bonds. The van der Waals surface area contributed by atoms with Gasteiger partial charge in [0.1, 0.15) is 5.82 Å². The van der Waals surface area contributed by atoms with Crippen molar-refractivity contribution in [3.63, 3.8) is 0 Å². The van der Waals surface area contributed by atoms with Crippen molar-refractivity contribution in [3.05, 3.63) is 34.6 Å². The topological polar surface area (TPSA) is 57.6 Å². The summed E-state index contributed by atoms with van der Waals surface area (Å²) >= 11 is 5.83. The summed E-state index contributed by atoms with van der Waals surface area (Å²) in [6.07, 6.45) is 0.362. The molecule has 0 aliphatic carbocycles. The molecule has 1 aliphatic heterocycles. The highest BCUT2D eigenvalue weighted by Gasteiger charge is 2.40. The van der Waals surface area contributed by atoms with E-state index in [2.05, 4.69) is 0 Å². The summed E-state index contributed by atoms with van der Waals surface area (Å²) in [4.78, 5) is 24.3. The molecule has 0 radical (unpaired) electrons. The molecule has 2 rings (SSSR count). The number of aliphatic carboxylic acids is 1. The number of carbonyl (C=O) groups is 2. The summed E-state index contributed by atoms with van der Waals surface area (Å²) < 4.78 is 13.9. The minimum absolute atomic E-state index is 0.149. The molecule has 1 aromatic rings. The Morgan fingerprint density at radius 3 is 2.84 bits per heavy atom. The van der Waals surface area contributed by atoms with Crippen molar-refractivity contribution in [1.29, 1.82) is 0 Å². The van der Waals surface area contributed by atoms with Gasteiger partial charge in [0.25, 0.3) is 0 Å². The third-order valence-corrected chi connectivity index (χ3v) is 3.69. The molecule has 0 aromatic heterocycles. The standard InChI is InChI=1S/C13H13ClFNO3/c1-16-11(17)5-3-8(13(18)19)12(16)9-6-7(14)2-4-10(9)15/h2,4,6,8,12H,3,5H2,1H3,(H,18,19). The minimum atomic E-state index is -1.04. The van der Waals surface area contributed by atoms with Crippen molar-refractivity contribution >= 4 is 23.5 Å². The van der Waals surface area contributed by atoms with E-state index in [1.807, 2.05) is 0 Å². The lowest BCUT2D eigenvalue weighted by Gasteiger charge is -2.37. The summed E-state index contributed by atoms with van der Waals surface area (Å²) in [6, 6.07) is 3.13. The third kappa shape index (κ3) is 2.56. The van der Waals surface area contributed by atoms with Crippen molar-refractivity contribution in [2.24, 2.45) is 5.92 Å². The van der Waals surface area contributed by atoms with E-state index in [1.54, 1.807) is 0 Å². The van der Waals surface area contributed by atoms with Crippen molar-refractivity contribution in [1.82, 2.24) is 4.90 Å². The molecule has 6 heteroatoms. The van der Waals surface area contributed by atoms with Gasteiger partial charge < -0.3 is 10.0 Å². The van der Waals surface area contributed by atoms with E-state index in [1.165, 1.54) is 30.1 Å². The molecule has 0 saturated carbocycles. The number of piperidine rings is 1. The number of amides is 1. The number of carbonyl (C=O) groups excluding carboxylic acids is 1. The minimum Gasteiger partial charge on any atom is -0.481 e. The molecule has 4 nitrogen and oxygen atoms in total. The highest BCUT2D eigenvalue weighted by Crippen LogP contribution is 2.37. The van der Waals surface area contributed by atoms with Crippen LogP contribution >= 0.6 is 11.6 Å². The summed E-state index contributed by atoms with van der Waals surface area (Å²) in [5.41, 5.74) is 0.149. The van der Waals surface area contributed by atoms with Gasteiger partial charge in [-0.3, -0.25) is 9.59 Å². The molecule has 0 spiro atoms. The van der Waals surface area contributed by atoms with Crippen LogP contribution in [0.2, 0.25) is 5.02 Å². The van der Waals surface area contributed by atoms with Gasteiger partial charge in [-0.1, -0.05) is 11.6 Å². The van der Waals surface area contributed by atoms with Crippen LogP contribution in [0.4, 0.5) is 4.39 Å². The Balaban J connectivity index is 2.49. The first-order chi connectivity index (χ1) is 8.91. The third-order valence-electron chi connectivity index (χ3n) is 3.45. The number of carboxylic acid groups (broad SMARTS) is 1. The maximum atomic E-state index is 13.9. The first-order valence-corrected chi connectivity index (χ1v) is 6.23. The molecule has 1 heterocycles. The molecular weight excluding hydrogens is 273 g/mol. The Hall–Kier alpha value is -1.62. The largest absolute Gasteiger partial charge is 0.481 e. The fourth-order valence-corrected chi connectivity index (χ4v) is 2.64. The molecule has 1 fully saturated rings. The quantitative estimate of drug-likeness (QED) is 0.908. The van der Waals surface area contributed by atoms with Crippen LogP contribution in [0.3, 0.4) is 0 Å². The highest BCUT2D eigenvalue weighted by atomic mass is 35.5. The molecule has 1 aromatic carbocycles. The van der Waals surface area contributed by atoms with Gasteiger partial charge in [0, 0.05) is 24.1 Å². The zero-order valence-corrected chi connectivity index (χ0v) is 11.0. The second kappa shape index (κ2) is 5.17. The van der Waals surface area contributed by atoms with E-state index < -0.39 is 23.7 Å². The summed E-state index contributed by atoms with van der Waals surface area (Å²) in [7, 11) is 1.49. The first kappa shape index (κ1) is 13.8. The van der Waals surface area contributed by atoms with Gasteiger partial charge in [0.2, 0.25) is 5.91 Å². The molecule has 1 aliphatic rings. The predicted molar refractivity (Wildman–Crippen MR) is 67.3 cm³/mol. The number of benzene rings is 1. The van der Waals surface area contributed by atoms with Gasteiger partial charge in [-0.05, 0) is 24.6 Å². The second-order valence-electron chi connectivity index (χ2n) is 4.60. The van der Waals surface area contributed by atoms with Gasteiger partial charge >= 0.3 is 5.97 Å². The van der Waals surface area contributed by atoms with Crippen LogP contribution in [0.1, 0.15) is 24.4 Å². The summed E-state index contributed by atoms with van der Waals surface area (Å²) in [5.74, 6) is -2.61.